The summed E-state index contributed by atoms with van der Waals surface area (Å²) in [7, 11) is 1.55. The summed E-state index contributed by atoms with van der Waals surface area (Å²) in [5.41, 5.74) is 1.50. The van der Waals surface area contributed by atoms with Crippen LogP contribution in [-0.4, -0.2) is 74.6 Å². The molecule has 2 aromatic rings. The maximum absolute atomic E-state index is 10.4. The summed E-state index contributed by atoms with van der Waals surface area (Å²) in [4.78, 5) is 8.71. The van der Waals surface area contributed by atoms with Gasteiger partial charge in [-0.25, -0.2) is 9.67 Å². The number of aromatic nitrogens is 3. The summed E-state index contributed by atoms with van der Waals surface area (Å²) in [5, 5.41) is 43.9. The second-order valence-electron chi connectivity index (χ2n) is 7.18. The zero-order valence-corrected chi connectivity index (χ0v) is 16.4. The Kier molecular flexibility index (Phi) is 5.84. The van der Waals surface area contributed by atoms with E-state index < -0.39 is 18.2 Å². The van der Waals surface area contributed by atoms with Gasteiger partial charge in [0.05, 0.1) is 25.8 Å². The van der Waals surface area contributed by atoms with Gasteiger partial charge < -0.3 is 36.0 Å². The number of anilines is 1. The van der Waals surface area contributed by atoms with Crippen molar-refractivity contribution in [2.75, 3.05) is 25.6 Å². The van der Waals surface area contributed by atoms with E-state index >= 15 is 0 Å². The van der Waals surface area contributed by atoms with Crippen LogP contribution in [0.2, 0.25) is 0 Å². The molecule has 160 valence electrons. The van der Waals surface area contributed by atoms with Gasteiger partial charge in [0.2, 0.25) is 11.8 Å². The van der Waals surface area contributed by atoms with E-state index in [1.54, 1.807) is 48.6 Å². The molecule has 1 saturated carbocycles. The van der Waals surface area contributed by atoms with Crippen LogP contribution in [0.3, 0.4) is 0 Å². The molecule has 0 bridgehead atoms. The van der Waals surface area contributed by atoms with Crippen LogP contribution in [0.1, 0.15) is 6.42 Å². The zero-order chi connectivity index (χ0) is 21.1. The molecule has 0 aromatic carbocycles. The number of aliphatic imine (C=N–C) groups is 1. The molecule has 1 aliphatic carbocycles. The average Bonchev–Trinajstić information content (AvgIpc) is 3.38. The molecular weight excluding hydrogens is 390 g/mol. The van der Waals surface area contributed by atoms with Crippen molar-refractivity contribution in [2.45, 2.75) is 24.7 Å². The standard InChI is InChI=1S/C19H25N7O4/c1-30-15-8-12(3-5-20-15)23-19-21-9-14(26-6-2-4-22-26)18(25-19)24-13-7-11(10-27)16(28)17(13)29/h2-6,8,11,13,16-17,24,27-29H,7,9-10H2,1H3,(H2,20,21,23,25)/t11-,13-,16-,17+/m1/s1. The van der Waals surface area contributed by atoms with Crippen LogP contribution in [0.15, 0.2) is 47.6 Å². The summed E-state index contributed by atoms with van der Waals surface area (Å²) >= 11 is 0. The second-order valence-corrected chi connectivity index (χ2v) is 7.18. The van der Waals surface area contributed by atoms with Gasteiger partial charge in [0, 0.05) is 42.9 Å². The Labute approximate surface area is 173 Å². The molecule has 1 fully saturated rings. The Morgan fingerprint density at radius 2 is 2.17 bits per heavy atom. The zero-order valence-electron chi connectivity index (χ0n) is 16.4. The molecule has 0 spiro atoms. The van der Waals surface area contributed by atoms with Crippen LogP contribution in [0.5, 0.6) is 5.88 Å². The van der Waals surface area contributed by atoms with E-state index in [0.717, 1.165) is 11.4 Å². The van der Waals surface area contributed by atoms with Crippen molar-refractivity contribution in [3.8, 4) is 5.88 Å². The molecule has 0 saturated heterocycles. The minimum atomic E-state index is -1.01. The van der Waals surface area contributed by atoms with Crippen LogP contribution in [-0.2, 0) is 0 Å². The van der Waals surface area contributed by atoms with E-state index in [9.17, 15) is 15.3 Å². The number of aliphatic hydroxyl groups excluding tert-OH is 3. The van der Waals surface area contributed by atoms with E-state index in [1.165, 1.54) is 0 Å². The van der Waals surface area contributed by atoms with Crippen molar-refractivity contribution < 1.29 is 20.1 Å². The first kappa shape index (κ1) is 20.1. The highest BCUT2D eigenvalue weighted by atomic mass is 16.5. The van der Waals surface area contributed by atoms with Gasteiger partial charge in [-0.1, -0.05) is 0 Å². The Bertz CT molecular complexity index is 931. The van der Waals surface area contributed by atoms with Gasteiger partial charge in [-0.15, -0.1) is 0 Å². The highest BCUT2D eigenvalue weighted by molar-refractivity contribution is 5.96. The number of guanidine groups is 1. The first-order valence-electron chi connectivity index (χ1n) is 9.65. The fourth-order valence-electron chi connectivity index (χ4n) is 3.63. The molecule has 4 atom stereocenters. The Morgan fingerprint density at radius 1 is 1.30 bits per heavy atom. The van der Waals surface area contributed by atoms with Gasteiger partial charge in [0.15, 0.2) is 5.82 Å². The van der Waals surface area contributed by atoms with E-state index in [4.69, 9.17) is 4.74 Å². The summed E-state index contributed by atoms with van der Waals surface area (Å²) in [5.74, 6) is 1.09. The Balaban J connectivity index is 1.60. The number of hydrogen-bond donors (Lipinski definition) is 6. The molecule has 1 aliphatic heterocycles. The third-order valence-electron chi connectivity index (χ3n) is 5.27. The summed E-state index contributed by atoms with van der Waals surface area (Å²) in [6.07, 6.45) is 3.51. The summed E-state index contributed by atoms with van der Waals surface area (Å²) < 4.78 is 6.83. The van der Waals surface area contributed by atoms with Gasteiger partial charge in [-0.2, -0.15) is 10.1 Å². The van der Waals surface area contributed by atoms with Crippen LogP contribution >= 0.6 is 0 Å². The highest BCUT2D eigenvalue weighted by Crippen LogP contribution is 2.28. The van der Waals surface area contributed by atoms with Crippen molar-refractivity contribution in [1.82, 2.24) is 25.4 Å². The largest absolute Gasteiger partial charge is 0.481 e. The minimum Gasteiger partial charge on any atom is -0.481 e. The lowest BCUT2D eigenvalue weighted by atomic mass is 10.1. The molecule has 30 heavy (non-hydrogen) atoms. The van der Waals surface area contributed by atoms with Gasteiger partial charge in [-0.05, 0) is 18.6 Å². The summed E-state index contributed by atoms with van der Waals surface area (Å²) in [6.45, 7) is 0.232. The van der Waals surface area contributed by atoms with E-state index in [2.05, 4.69) is 31.0 Å². The van der Waals surface area contributed by atoms with Crippen LogP contribution in [0, 0.1) is 5.92 Å². The van der Waals surface area contributed by atoms with E-state index in [0.29, 0.717) is 30.6 Å². The molecule has 0 amide bonds. The molecule has 11 heteroatoms. The molecular formula is C19H25N7O4. The van der Waals surface area contributed by atoms with E-state index in [1.807, 2.05) is 0 Å². The number of ether oxygens (including phenoxy) is 1. The van der Waals surface area contributed by atoms with Crippen LogP contribution in [0.4, 0.5) is 5.69 Å². The third-order valence-corrected chi connectivity index (χ3v) is 5.27. The third kappa shape index (κ3) is 4.08. The molecule has 0 radical (unpaired) electrons. The van der Waals surface area contributed by atoms with Crippen molar-refractivity contribution in [3.63, 3.8) is 0 Å². The van der Waals surface area contributed by atoms with Gasteiger partial charge in [0.25, 0.3) is 0 Å². The fourth-order valence-corrected chi connectivity index (χ4v) is 3.63. The number of rotatable bonds is 6. The van der Waals surface area contributed by atoms with Gasteiger partial charge in [0.1, 0.15) is 11.8 Å². The first-order chi connectivity index (χ1) is 14.6. The lowest BCUT2D eigenvalue weighted by Crippen LogP contribution is -2.43. The van der Waals surface area contributed by atoms with Gasteiger partial charge in [-0.3, -0.25) is 0 Å². The average molecular weight is 415 g/mol. The molecule has 0 unspecified atom stereocenters. The smallest absolute Gasteiger partial charge is 0.214 e. The second kappa shape index (κ2) is 8.69. The van der Waals surface area contributed by atoms with Crippen molar-refractivity contribution >= 4 is 17.3 Å². The maximum Gasteiger partial charge on any atom is 0.214 e. The monoisotopic (exact) mass is 415 g/mol. The number of aliphatic hydroxyl groups is 3. The lowest BCUT2D eigenvalue weighted by Gasteiger charge is -2.26. The van der Waals surface area contributed by atoms with Crippen molar-refractivity contribution in [3.05, 3.63) is 42.6 Å². The highest BCUT2D eigenvalue weighted by Gasteiger charge is 2.41. The fraction of sp³-hybridized carbons (Fsp3) is 0.421. The SMILES string of the molecule is COc1cc(NC2=NC(N[C@@H]3C[C@H](CO)[C@@H](O)[C@H]3O)=C(n3cccn3)CN2)ccn1. The molecule has 11 nitrogen and oxygen atoms in total. The number of hydrogen-bond acceptors (Lipinski definition) is 10. The Hall–Kier alpha value is -3.15. The molecule has 2 aromatic heterocycles. The number of methoxy groups -OCH3 is 1. The summed E-state index contributed by atoms with van der Waals surface area (Å²) in [6, 6.07) is 4.88. The topological polar surface area (TPSA) is 149 Å². The molecule has 2 aliphatic rings. The van der Waals surface area contributed by atoms with Crippen molar-refractivity contribution in [1.29, 1.82) is 0 Å². The van der Waals surface area contributed by atoms with Crippen LogP contribution < -0.4 is 20.7 Å². The number of pyridine rings is 1. The quantitative estimate of drug-likeness (QED) is 0.356. The Morgan fingerprint density at radius 3 is 2.87 bits per heavy atom. The normalized spacial score (nSPS) is 26.2. The van der Waals surface area contributed by atoms with E-state index in [-0.39, 0.29) is 12.5 Å². The molecule has 4 rings (SSSR count). The predicted molar refractivity (Wildman–Crippen MR) is 109 cm³/mol. The maximum atomic E-state index is 10.4. The van der Waals surface area contributed by atoms with Crippen LogP contribution in [0.25, 0.3) is 5.70 Å². The van der Waals surface area contributed by atoms with Gasteiger partial charge >= 0.3 is 0 Å². The predicted octanol–water partition coefficient (Wildman–Crippen LogP) is -0.824. The lowest BCUT2D eigenvalue weighted by molar-refractivity contribution is 0.000636. The molecule has 3 heterocycles. The molecule has 6 N–H and O–H groups in total. The van der Waals surface area contributed by atoms with Crippen molar-refractivity contribution in [2.24, 2.45) is 10.9 Å². The number of nitrogens with zero attached hydrogens (tertiary/aromatic N) is 4. The first-order valence-corrected chi connectivity index (χ1v) is 9.65. The minimum absolute atomic E-state index is 0.191. The number of nitrogens with one attached hydrogen (secondary N) is 3.